The lowest BCUT2D eigenvalue weighted by Crippen LogP contribution is -2.39. The fourth-order valence-corrected chi connectivity index (χ4v) is 2.78. The van der Waals surface area contributed by atoms with Crippen molar-refractivity contribution >= 4 is 5.97 Å². The zero-order valence-electron chi connectivity index (χ0n) is 10.4. The molecule has 0 radical (unpaired) electrons. The van der Waals surface area contributed by atoms with E-state index < -0.39 is 5.97 Å². The number of rotatable bonds is 3. The van der Waals surface area contributed by atoms with Gasteiger partial charge < -0.3 is 5.11 Å². The van der Waals surface area contributed by atoms with Crippen molar-refractivity contribution in [2.75, 3.05) is 13.6 Å². The van der Waals surface area contributed by atoms with Crippen LogP contribution in [-0.2, 0) is 11.2 Å². The quantitative estimate of drug-likeness (QED) is 0.871. The van der Waals surface area contributed by atoms with E-state index in [0.29, 0.717) is 6.42 Å². The lowest BCUT2D eigenvalue weighted by molar-refractivity contribution is -0.144. The fraction of sp³-hybridized carbons (Fsp3) is 0.500. The van der Waals surface area contributed by atoms with Gasteiger partial charge in [-0.1, -0.05) is 31.2 Å². The lowest BCUT2D eigenvalue weighted by Gasteiger charge is -2.37. The van der Waals surface area contributed by atoms with Gasteiger partial charge >= 0.3 is 5.97 Å². The van der Waals surface area contributed by atoms with Gasteiger partial charge in [0.25, 0.3) is 0 Å². The van der Waals surface area contributed by atoms with Crippen LogP contribution in [0.25, 0.3) is 0 Å². The fourth-order valence-electron chi connectivity index (χ4n) is 2.78. The van der Waals surface area contributed by atoms with E-state index in [1.165, 1.54) is 11.1 Å². The second-order valence-corrected chi connectivity index (χ2v) is 4.73. The molecule has 3 nitrogen and oxygen atoms in total. The van der Waals surface area contributed by atoms with Crippen LogP contribution in [0.5, 0.6) is 0 Å². The van der Waals surface area contributed by atoms with E-state index in [0.717, 1.165) is 13.0 Å². The molecule has 0 bridgehead atoms. The Kier molecular flexibility index (Phi) is 3.48. The molecule has 0 fully saturated rings. The molecule has 2 rings (SSSR count). The van der Waals surface area contributed by atoms with Gasteiger partial charge in [0.2, 0.25) is 0 Å². The number of nitrogens with zero attached hydrogens (tertiary/aromatic N) is 1. The number of benzene rings is 1. The van der Waals surface area contributed by atoms with E-state index in [-0.39, 0.29) is 12.0 Å². The number of aliphatic carboxylic acids is 1. The molecule has 1 aromatic rings. The molecule has 1 heterocycles. The maximum absolute atomic E-state index is 11.4. The Morgan fingerprint density at radius 3 is 2.88 bits per heavy atom. The van der Waals surface area contributed by atoms with Crippen LogP contribution in [-0.4, -0.2) is 29.6 Å². The summed E-state index contributed by atoms with van der Waals surface area (Å²) in [5, 5.41) is 9.34. The van der Waals surface area contributed by atoms with Crippen molar-refractivity contribution in [2.24, 2.45) is 5.92 Å². The largest absolute Gasteiger partial charge is 0.481 e. The Labute approximate surface area is 102 Å². The van der Waals surface area contributed by atoms with Crippen molar-refractivity contribution in [3.63, 3.8) is 0 Å². The smallest absolute Gasteiger partial charge is 0.308 e. The summed E-state index contributed by atoms with van der Waals surface area (Å²) in [5.41, 5.74) is 2.49. The van der Waals surface area contributed by atoms with Gasteiger partial charge in [-0.15, -0.1) is 0 Å². The van der Waals surface area contributed by atoms with Gasteiger partial charge in [-0.2, -0.15) is 0 Å². The first kappa shape index (κ1) is 12.1. The van der Waals surface area contributed by atoms with Crippen molar-refractivity contribution in [2.45, 2.75) is 25.8 Å². The van der Waals surface area contributed by atoms with Crippen LogP contribution in [0.15, 0.2) is 24.3 Å². The average Bonchev–Trinajstić information content (AvgIpc) is 2.32. The predicted molar refractivity (Wildman–Crippen MR) is 66.9 cm³/mol. The van der Waals surface area contributed by atoms with Crippen LogP contribution in [0.4, 0.5) is 0 Å². The molecule has 0 aliphatic carbocycles. The zero-order chi connectivity index (χ0) is 12.4. The van der Waals surface area contributed by atoms with Crippen molar-refractivity contribution in [3.05, 3.63) is 35.4 Å². The van der Waals surface area contributed by atoms with Gasteiger partial charge in [0.15, 0.2) is 0 Å². The molecule has 0 aromatic heterocycles. The Morgan fingerprint density at radius 2 is 2.24 bits per heavy atom. The summed E-state index contributed by atoms with van der Waals surface area (Å²) in [6.07, 6.45) is 1.68. The van der Waals surface area contributed by atoms with Crippen LogP contribution < -0.4 is 0 Å². The molecule has 1 aromatic carbocycles. The van der Waals surface area contributed by atoms with Gasteiger partial charge in [0, 0.05) is 12.6 Å². The van der Waals surface area contributed by atoms with Gasteiger partial charge in [-0.05, 0) is 31.0 Å². The van der Waals surface area contributed by atoms with Crippen LogP contribution in [0, 0.1) is 5.92 Å². The third kappa shape index (κ3) is 2.20. The number of carboxylic acid groups (broad SMARTS) is 1. The maximum atomic E-state index is 11.4. The summed E-state index contributed by atoms with van der Waals surface area (Å²) >= 11 is 0. The van der Waals surface area contributed by atoms with E-state index in [2.05, 4.69) is 17.0 Å². The first-order valence-electron chi connectivity index (χ1n) is 6.16. The van der Waals surface area contributed by atoms with E-state index in [4.69, 9.17) is 0 Å². The highest BCUT2D eigenvalue weighted by molar-refractivity contribution is 5.71. The SMILES string of the molecule is CCC(C(=O)O)C1c2ccccc2CCN1C. The molecule has 0 spiro atoms. The minimum Gasteiger partial charge on any atom is -0.481 e. The molecule has 2 unspecified atom stereocenters. The molecule has 17 heavy (non-hydrogen) atoms. The van der Waals surface area contributed by atoms with Crippen molar-refractivity contribution < 1.29 is 9.90 Å². The summed E-state index contributed by atoms with van der Waals surface area (Å²) in [7, 11) is 2.02. The number of likely N-dealkylation sites (N-methyl/N-ethyl adjacent to an activating group) is 1. The van der Waals surface area contributed by atoms with E-state index in [1.54, 1.807) is 0 Å². The highest BCUT2D eigenvalue weighted by Crippen LogP contribution is 2.35. The van der Waals surface area contributed by atoms with E-state index in [9.17, 15) is 9.90 Å². The van der Waals surface area contributed by atoms with Crippen LogP contribution in [0.2, 0.25) is 0 Å². The van der Waals surface area contributed by atoms with Gasteiger partial charge in [0.1, 0.15) is 0 Å². The predicted octanol–water partition coefficient (Wildman–Crippen LogP) is 2.33. The molecule has 3 heteroatoms. The monoisotopic (exact) mass is 233 g/mol. The van der Waals surface area contributed by atoms with Crippen molar-refractivity contribution in [1.29, 1.82) is 0 Å². The molecule has 1 aliphatic rings. The normalized spacial score (nSPS) is 21.9. The molecule has 2 atom stereocenters. The maximum Gasteiger partial charge on any atom is 0.308 e. The minimum atomic E-state index is -0.693. The molecule has 1 aliphatic heterocycles. The summed E-state index contributed by atoms with van der Waals surface area (Å²) in [5.74, 6) is -1.01. The summed E-state index contributed by atoms with van der Waals surface area (Å²) in [6, 6.07) is 8.23. The van der Waals surface area contributed by atoms with Crippen LogP contribution in [0.3, 0.4) is 0 Å². The first-order chi connectivity index (χ1) is 8.15. The number of fused-ring (bicyclic) bond motifs is 1. The molecular weight excluding hydrogens is 214 g/mol. The lowest BCUT2D eigenvalue weighted by atomic mass is 9.84. The standard InChI is InChI=1S/C14H19NO2/c1-3-11(14(16)17)13-12-7-5-4-6-10(12)8-9-15(13)2/h4-7,11,13H,3,8-9H2,1-2H3,(H,16,17). The topological polar surface area (TPSA) is 40.5 Å². The van der Waals surface area contributed by atoms with Crippen molar-refractivity contribution in [3.8, 4) is 0 Å². The minimum absolute atomic E-state index is 0.0162. The number of hydrogen-bond donors (Lipinski definition) is 1. The summed E-state index contributed by atoms with van der Waals surface area (Å²) in [6.45, 7) is 2.88. The second kappa shape index (κ2) is 4.88. The van der Waals surface area contributed by atoms with Gasteiger partial charge in [-0.25, -0.2) is 0 Å². The van der Waals surface area contributed by atoms with Crippen molar-refractivity contribution in [1.82, 2.24) is 4.90 Å². The third-order valence-corrected chi connectivity index (χ3v) is 3.72. The molecule has 0 saturated heterocycles. The van der Waals surface area contributed by atoms with Gasteiger partial charge in [-0.3, -0.25) is 9.69 Å². The highest BCUT2D eigenvalue weighted by atomic mass is 16.4. The van der Waals surface area contributed by atoms with Crippen LogP contribution in [0.1, 0.15) is 30.5 Å². The molecule has 92 valence electrons. The number of carbonyl (C=O) groups is 1. The molecule has 0 saturated carbocycles. The second-order valence-electron chi connectivity index (χ2n) is 4.73. The highest BCUT2D eigenvalue weighted by Gasteiger charge is 2.34. The third-order valence-electron chi connectivity index (χ3n) is 3.72. The summed E-state index contributed by atoms with van der Waals surface area (Å²) < 4.78 is 0. The molecule has 0 amide bonds. The Balaban J connectivity index is 2.41. The van der Waals surface area contributed by atoms with E-state index >= 15 is 0 Å². The average molecular weight is 233 g/mol. The number of hydrogen-bond acceptors (Lipinski definition) is 2. The molecule has 1 N–H and O–H groups in total. The Morgan fingerprint density at radius 1 is 1.53 bits per heavy atom. The zero-order valence-corrected chi connectivity index (χ0v) is 10.4. The number of carboxylic acids is 1. The van der Waals surface area contributed by atoms with E-state index in [1.807, 2.05) is 26.1 Å². The Bertz CT molecular complexity index is 416. The summed E-state index contributed by atoms with van der Waals surface area (Å²) in [4.78, 5) is 13.5. The molecular formula is C14H19NO2. The Hall–Kier alpha value is -1.35. The van der Waals surface area contributed by atoms with Gasteiger partial charge in [0.05, 0.1) is 5.92 Å². The van der Waals surface area contributed by atoms with Crippen LogP contribution >= 0.6 is 0 Å². The first-order valence-corrected chi connectivity index (χ1v) is 6.16.